The number of pyridine rings is 1. The number of amides is 1. The Balaban J connectivity index is 2.20. The lowest BCUT2D eigenvalue weighted by Gasteiger charge is -2.08. The molecule has 0 saturated heterocycles. The summed E-state index contributed by atoms with van der Waals surface area (Å²) in [5, 5.41) is 11.5. The Bertz CT molecular complexity index is 703. The molecule has 1 amide bonds. The number of halogens is 1. The van der Waals surface area contributed by atoms with E-state index in [4.69, 9.17) is 9.84 Å². The Morgan fingerprint density at radius 3 is 2.62 bits per heavy atom. The van der Waals surface area contributed by atoms with Gasteiger partial charge in [0.1, 0.15) is 5.75 Å². The first-order valence-electron chi connectivity index (χ1n) is 5.84. The number of rotatable bonds is 4. The highest BCUT2D eigenvalue weighted by atomic mass is 79.9. The summed E-state index contributed by atoms with van der Waals surface area (Å²) in [5.41, 5.74) is 0.721. The van der Waals surface area contributed by atoms with E-state index in [9.17, 15) is 9.59 Å². The highest BCUT2D eigenvalue weighted by molar-refractivity contribution is 9.10. The van der Waals surface area contributed by atoms with Gasteiger partial charge >= 0.3 is 5.97 Å². The molecule has 0 aliphatic heterocycles. The van der Waals surface area contributed by atoms with Crippen molar-refractivity contribution >= 4 is 33.5 Å². The number of methoxy groups -OCH3 is 1. The molecule has 6 nitrogen and oxygen atoms in total. The lowest BCUT2D eigenvalue weighted by atomic mass is 10.2. The number of ether oxygens (including phenoxy) is 1. The van der Waals surface area contributed by atoms with Crippen LogP contribution >= 0.6 is 15.9 Å². The molecule has 2 aromatic rings. The van der Waals surface area contributed by atoms with Crippen LogP contribution in [0.1, 0.15) is 20.7 Å². The molecule has 0 atom stereocenters. The number of aromatic carboxylic acids is 1. The molecule has 0 spiro atoms. The number of carboxylic acid groups (broad SMARTS) is 1. The molecular formula is C14H11BrN2O4. The van der Waals surface area contributed by atoms with Crippen LogP contribution in [0.15, 0.2) is 41.1 Å². The molecule has 0 saturated carbocycles. The second-order valence-corrected chi connectivity index (χ2v) is 4.93. The molecule has 108 valence electrons. The van der Waals surface area contributed by atoms with Crippen molar-refractivity contribution in [1.82, 2.24) is 4.98 Å². The minimum atomic E-state index is -1.11. The second kappa shape index (κ2) is 6.36. The Hall–Kier alpha value is -2.41. The third kappa shape index (κ3) is 3.57. The van der Waals surface area contributed by atoms with Crippen molar-refractivity contribution in [1.29, 1.82) is 0 Å². The molecule has 0 aliphatic carbocycles. The Morgan fingerprint density at radius 2 is 2.00 bits per heavy atom. The predicted molar refractivity (Wildman–Crippen MR) is 79.8 cm³/mol. The molecule has 1 heterocycles. The van der Waals surface area contributed by atoms with Gasteiger partial charge in [-0.3, -0.25) is 9.78 Å². The SMILES string of the molecule is COc1ccc(C(=O)Nc2cncc(C(=O)O)c2)cc1Br. The van der Waals surface area contributed by atoms with E-state index in [1.54, 1.807) is 18.2 Å². The van der Waals surface area contributed by atoms with Crippen LogP contribution in [0.5, 0.6) is 5.75 Å². The van der Waals surface area contributed by atoms with E-state index >= 15 is 0 Å². The second-order valence-electron chi connectivity index (χ2n) is 4.07. The smallest absolute Gasteiger partial charge is 0.337 e. The molecule has 1 aromatic heterocycles. The zero-order valence-electron chi connectivity index (χ0n) is 11.0. The molecule has 0 radical (unpaired) electrons. The van der Waals surface area contributed by atoms with Crippen molar-refractivity contribution in [2.24, 2.45) is 0 Å². The van der Waals surface area contributed by atoms with Crippen molar-refractivity contribution in [2.45, 2.75) is 0 Å². The normalized spacial score (nSPS) is 10.0. The topological polar surface area (TPSA) is 88.5 Å². The Kier molecular flexibility index (Phi) is 4.54. The largest absolute Gasteiger partial charge is 0.496 e. The average molecular weight is 351 g/mol. The molecule has 2 rings (SSSR count). The molecular weight excluding hydrogens is 340 g/mol. The predicted octanol–water partition coefficient (Wildman–Crippen LogP) is 2.80. The molecule has 0 fully saturated rings. The maximum Gasteiger partial charge on any atom is 0.337 e. The van der Waals surface area contributed by atoms with Gasteiger partial charge in [0.25, 0.3) is 5.91 Å². The van der Waals surface area contributed by atoms with Crippen LogP contribution in [0.25, 0.3) is 0 Å². The number of hydrogen-bond acceptors (Lipinski definition) is 4. The Morgan fingerprint density at radius 1 is 1.24 bits per heavy atom. The van der Waals surface area contributed by atoms with E-state index in [0.29, 0.717) is 21.5 Å². The zero-order valence-corrected chi connectivity index (χ0v) is 12.5. The van der Waals surface area contributed by atoms with E-state index in [0.717, 1.165) is 0 Å². The van der Waals surface area contributed by atoms with Gasteiger partial charge in [0.2, 0.25) is 0 Å². The van der Waals surface area contributed by atoms with Crippen LogP contribution in [0, 0.1) is 0 Å². The van der Waals surface area contributed by atoms with Crippen molar-refractivity contribution in [3.05, 3.63) is 52.3 Å². The fourth-order valence-electron chi connectivity index (χ4n) is 1.64. The molecule has 0 aliphatic rings. The number of anilines is 1. The molecule has 1 aromatic carbocycles. The number of nitrogens with zero attached hydrogens (tertiary/aromatic N) is 1. The fraction of sp³-hybridized carbons (Fsp3) is 0.0714. The fourth-order valence-corrected chi connectivity index (χ4v) is 2.18. The summed E-state index contributed by atoms with van der Waals surface area (Å²) in [6, 6.07) is 6.22. The molecule has 0 unspecified atom stereocenters. The third-order valence-electron chi connectivity index (χ3n) is 2.66. The first-order valence-corrected chi connectivity index (χ1v) is 6.64. The number of aromatic nitrogens is 1. The van der Waals surface area contributed by atoms with Gasteiger partial charge in [0.05, 0.1) is 29.0 Å². The van der Waals surface area contributed by atoms with E-state index in [-0.39, 0.29) is 11.5 Å². The molecule has 21 heavy (non-hydrogen) atoms. The number of nitrogens with one attached hydrogen (secondary N) is 1. The quantitative estimate of drug-likeness (QED) is 0.884. The minimum absolute atomic E-state index is 0.00344. The van der Waals surface area contributed by atoms with E-state index in [1.807, 2.05) is 0 Å². The summed E-state index contributed by atoms with van der Waals surface area (Å²) in [7, 11) is 1.53. The van der Waals surface area contributed by atoms with Crippen molar-refractivity contribution < 1.29 is 19.4 Å². The highest BCUT2D eigenvalue weighted by Crippen LogP contribution is 2.25. The highest BCUT2D eigenvalue weighted by Gasteiger charge is 2.11. The van der Waals surface area contributed by atoms with Crippen LogP contribution in [-0.4, -0.2) is 29.1 Å². The van der Waals surface area contributed by atoms with Crippen LogP contribution in [0.3, 0.4) is 0 Å². The number of benzene rings is 1. The van der Waals surface area contributed by atoms with Crippen LogP contribution in [-0.2, 0) is 0 Å². The third-order valence-corrected chi connectivity index (χ3v) is 3.28. The van der Waals surface area contributed by atoms with Gasteiger partial charge in [-0.15, -0.1) is 0 Å². The first-order chi connectivity index (χ1) is 10.0. The first kappa shape index (κ1) is 15.0. The zero-order chi connectivity index (χ0) is 15.4. The lowest BCUT2D eigenvalue weighted by molar-refractivity contribution is 0.0696. The van der Waals surface area contributed by atoms with Gasteiger partial charge in [-0.05, 0) is 40.2 Å². The van der Waals surface area contributed by atoms with E-state index in [1.165, 1.54) is 25.6 Å². The number of carboxylic acids is 1. The van der Waals surface area contributed by atoms with E-state index < -0.39 is 5.97 Å². The summed E-state index contributed by atoms with van der Waals surface area (Å²) in [5.74, 6) is -0.866. The Labute approximate surface area is 128 Å². The molecule has 7 heteroatoms. The summed E-state index contributed by atoms with van der Waals surface area (Å²) in [4.78, 5) is 26.7. The van der Waals surface area contributed by atoms with Gasteiger partial charge in [-0.2, -0.15) is 0 Å². The van der Waals surface area contributed by atoms with Crippen molar-refractivity contribution in [3.8, 4) is 5.75 Å². The van der Waals surface area contributed by atoms with Crippen molar-refractivity contribution in [2.75, 3.05) is 12.4 Å². The summed E-state index contributed by atoms with van der Waals surface area (Å²) >= 11 is 3.30. The van der Waals surface area contributed by atoms with Gasteiger partial charge < -0.3 is 15.2 Å². The number of hydrogen-bond donors (Lipinski definition) is 2. The summed E-state index contributed by atoms with van der Waals surface area (Å²) in [6.45, 7) is 0. The summed E-state index contributed by atoms with van der Waals surface area (Å²) in [6.07, 6.45) is 2.59. The number of carbonyl (C=O) groups excluding carboxylic acids is 1. The van der Waals surface area contributed by atoms with Gasteiger partial charge in [-0.1, -0.05) is 0 Å². The summed E-state index contributed by atoms with van der Waals surface area (Å²) < 4.78 is 5.73. The van der Waals surface area contributed by atoms with Gasteiger partial charge in [0, 0.05) is 11.8 Å². The van der Waals surface area contributed by atoms with Crippen LogP contribution in [0.4, 0.5) is 5.69 Å². The standard InChI is InChI=1S/C14H11BrN2O4/c1-21-12-3-2-8(5-11(12)15)13(18)17-10-4-9(14(19)20)6-16-7-10/h2-7H,1H3,(H,17,18)(H,19,20). The van der Waals surface area contributed by atoms with Crippen LogP contribution < -0.4 is 10.1 Å². The maximum atomic E-state index is 12.1. The van der Waals surface area contributed by atoms with Crippen LogP contribution in [0.2, 0.25) is 0 Å². The molecule has 2 N–H and O–H groups in total. The van der Waals surface area contributed by atoms with E-state index in [2.05, 4.69) is 26.2 Å². The molecule has 0 bridgehead atoms. The van der Waals surface area contributed by atoms with Crippen molar-refractivity contribution in [3.63, 3.8) is 0 Å². The average Bonchev–Trinajstić information content (AvgIpc) is 2.47. The van der Waals surface area contributed by atoms with Gasteiger partial charge in [0.15, 0.2) is 0 Å². The number of carbonyl (C=O) groups is 2. The van der Waals surface area contributed by atoms with Gasteiger partial charge in [-0.25, -0.2) is 4.79 Å². The lowest BCUT2D eigenvalue weighted by Crippen LogP contribution is -2.12. The minimum Gasteiger partial charge on any atom is -0.496 e. The maximum absolute atomic E-state index is 12.1. The monoisotopic (exact) mass is 350 g/mol.